The zero-order valence-electron chi connectivity index (χ0n) is 21.6. The molecule has 37 heavy (non-hydrogen) atoms. The summed E-state index contributed by atoms with van der Waals surface area (Å²) in [7, 11) is 0. The van der Waals surface area contributed by atoms with Gasteiger partial charge in [0.15, 0.2) is 0 Å². The fourth-order valence-electron chi connectivity index (χ4n) is 5.39. The number of alkyl halides is 3. The van der Waals surface area contributed by atoms with Crippen molar-refractivity contribution in [3.8, 4) is 0 Å². The lowest BCUT2D eigenvalue weighted by molar-refractivity contribution is -0.137. The standard InChI is InChI=1S/C27H35F4N5O/c1-17-6-9-22-23(17)24(34-16-33-22)35-11-13-36(14-12-35)25(37)20(5-4-10-26(2,3)32)19-8-7-18(15-21(19)28)27(29,30)31/h7-8,15-17,20H,4-6,9-14,32H2,1-3H3/t17-,20-/m1/s1. The average molecular weight is 522 g/mol. The molecule has 0 unspecified atom stereocenters. The van der Waals surface area contributed by atoms with E-state index in [-0.39, 0.29) is 11.5 Å². The number of amides is 1. The number of nitrogens with two attached hydrogens (primary N) is 1. The summed E-state index contributed by atoms with van der Waals surface area (Å²) >= 11 is 0. The van der Waals surface area contributed by atoms with E-state index in [1.807, 2.05) is 13.8 Å². The fourth-order valence-corrected chi connectivity index (χ4v) is 5.39. The van der Waals surface area contributed by atoms with Gasteiger partial charge in [-0.05, 0) is 57.6 Å². The predicted octanol–water partition coefficient (Wildman–Crippen LogP) is 5.02. The molecule has 0 radical (unpaired) electrons. The molecule has 2 N–H and O–H groups in total. The van der Waals surface area contributed by atoms with Crippen molar-refractivity contribution in [3.05, 3.63) is 52.7 Å². The second-order valence-electron chi connectivity index (χ2n) is 11.0. The molecule has 1 amide bonds. The van der Waals surface area contributed by atoms with Gasteiger partial charge in [-0.1, -0.05) is 19.4 Å². The minimum atomic E-state index is -4.66. The van der Waals surface area contributed by atoms with E-state index in [0.29, 0.717) is 57.4 Å². The first-order valence-electron chi connectivity index (χ1n) is 12.9. The Morgan fingerprint density at radius 2 is 1.86 bits per heavy atom. The highest BCUT2D eigenvalue weighted by Gasteiger charge is 2.35. The maximum absolute atomic E-state index is 14.9. The Bertz CT molecular complexity index is 1120. The zero-order chi connectivity index (χ0) is 27.0. The number of piperazine rings is 1. The molecule has 0 bridgehead atoms. The highest BCUT2D eigenvalue weighted by atomic mass is 19.4. The number of carbonyl (C=O) groups is 1. The summed E-state index contributed by atoms with van der Waals surface area (Å²) < 4.78 is 54.2. The third-order valence-electron chi connectivity index (χ3n) is 7.46. The van der Waals surface area contributed by atoms with Gasteiger partial charge in [0, 0.05) is 48.5 Å². The monoisotopic (exact) mass is 521 g/mol. The molecule has 1 fully saturated rings. The molecule has 1 aromatic heterocycles. The second-order valence-corrected chi connectivity index (χ2v) is 11.0. The summed E-state index contributed by atoms with van der Waals surface area (Å²) in [6, 6.07) is 2.44. The molecule has 2 aliphatic rings. The third-order valence-corrected chi connectivity index (χ3v) is 7.46. The van der Waals surface area contributed by atoms with Gasteiger partial charge in [-0.15, -0.1) is 0 Å². The summed E-state index contributed by atoms with van der Waals surface area (Å²) in [6.07, 6.45) is 0.363. The molecule has 202 valence electrons. The van der Waals surface area contributed by atoms with Crippen LogP contribution in [0.3, 0.4) is 0 Å². The largest absolute Gasteiger partial charge is 0.416 e. The lowest BCUT2D eigenvalue weighted by Gasteiger charge is -2.38. The van der Waals surface area contributed by atoms with Crippen molar-refractivity contribution in [1.29, 1.82) is 0 Å². The number of hydrogen-bond donors (Lipinski definition) is 1. The lowest BCUT2D eigenvalue weighted by Crippen LogP contribution is -2.50. The van der Waals surface area contributed by atoms with Crippen LogP contribution < -0.4 is 10.6 Å². The van der Waals surface area contributed by atoms with E-state index in [9.17, 15) is 22.4 Å². The van der Waals surface area contributed by atoms with Crippen LogP contribution in [0.25, 0.3) is 0 Å². The SMILES string of the molecule is C[C@@H]1CCc2ncnc(N3CCN(C(=O)[C@H](CCCC(C)(C)N)c4ccc(C(F)(F)F)cc4F)CC3)c21. The quantitative estimate of drug-likeness (QED) is 0.518. The highest BCUT2D eigenvalue weighted by Crippen LogP contribution is 2.38. The first kappa shape index (κ1) is 27.3. The molecular weight excluding hydrogens is 486 g/mol. The van der Waals surface area contributed by atoms with Crippen LogP contribution in [0.4, 0.5) is 23.4 Å². The van der Waals surface area contributed by atoms with E-state index < -0.39 is 29.0 Å². The van der Waals surface area contributed by atoms with Crippen LogP contribution in [0.5, 0.6) is 0 Å². The van der Waals surface area contributed by atoms with E-state index in [1.54, 1.807) is 11.2 Å². The average Bonchev–Trinajstić information content (AvgIpc) is 3.22. The molecule has 4 rings (SSSR count). The van der Waals surface area contributed by atoms with Crippen LogP contribution >= 0.6 is 0 Å². The van der Waals surface area contributed by atoms with E-state index in [2.05, 4.69) is 21.8 Å². The molecule has 1 aliphatic carbocycles. The number of fused-ring (bicyclic) bond motifs is 1. The number of anilines is 1. The van der Waals surface area contributed by atoms with Crippen molar-refractivity contribution in [3.63, 3.8) is 0 Å². The molecule has 1 saturated heterocycles. The number of halogens is 4. The number of rotatable bonds is 7. The maximum atomic E-state index is 14.9. The summed E-state index contributed by atoms with van der Waals surface area (Å²) in [5.74, 6) is -0.861. The molecule has 0 saturated carbocycles. The minimum absolute atomic E-state index is 0.00213. The number of hydrogen-bond acceptors (Lipinski definition) is 5. The fraction of sp³-hybridized carbons (Fsp3) is 0.593. The number of nitrogens with zero attached hydrogens (tertiary/aromatic N) is 4. The number of aryl methyl sites for hydroxylation is 1. The summed E-state index contributed by atoms with van der Waals surface area (Å²) in [4.78, 5) is 26.4. The second kappa shape index (κ2) is 10.6. The van der Waals surface area contributed by atoms with Gasteiger partial charge in [0.05, 0.1) is 11.5 Å². The minimum Gasteiger partial charge on any atom is -0.353 e. The van der Waals surface area contributed by atoms with Crippen molar-refractivity contribution in [2.45, 2.75) is 76.4 Å². The lowest BCUT2D eigenvalue weighted by atomic mass is 9.88. The molecule has 2 aromatic rings. The van der Waals surface area contributed by atoms with E-state index in [1.165, 1.54) is 5.56 Å². The van der Waals surface area contributed by atoms with Crippen molar-refractivity contribution >= 4 is 11.7 Å². The molecule has 2 heterocycles. The van der Waals surface area contributed by atoms with Gasteiger partial charge in [0.25, 0.3) is 0 Å². The molecular formula is C27H35F4N5O. The van der Waals surface area contributed by atoms with Gasteiger partial charge in [-0.3, -0.25) is 4.79 Å². The Morgan fingerprint density at radius 1 is 1.16 bits per heavy atom. The Kier molecular flexibility index (Phi) is 7.78. The topological polar surface area (TPSA) is 75.4 Å². The first-order chi connectivity index (χ1) is 17.3. The van der Waals surface area contributed by atoms with Crippen molar-refractivity contribution in [1.82, 2.24) is 14.9 Å². The number of benzene rings is 1. The van der Waals surface area contributed by atoms with Gasteiger partial charge in [-0.2, -0.15) is 13.2 Å². The van der Waals surface area contributed by atoms with Gasteiger partial charge in [-0.25, -0.2) is 14.4 Å². The normalized spacial score (nSPS) is 19.2. The highest BCUT2D eigenvalue weighted by molar-refractivity contribution is 5.84. The Hall–Kier alpha value is -2.75. The Balaban J connectivity index is 1.51. The van der Waals surface area contributed by atoms with E-state index in [0.717, 1.165) is 36.5 Å². The zero-order valence-corrected chi connectivity index (χ0v) is 21.6. The summed E-state index contributed by atoms with van der Waals surface area (Å²) in [5, 5.41) is 0. The molecule has 6 nitrogen and oxygen atoms in total. The van der Waals surface area contributed by atoms with Crippen LogP contribution in [0, 0.1) is 5.82 Å². The number of aromatic nitrogens is 2. The van der Waals surface area contributed by atoms with Crippen LogP contribution in [0.15, 0.2) is 24.5 Å². The maximum Gasteiger partial charge on any atom is 0.416 e. The van der Waals surface area contributed by atoms with Crippen LogP contribution in [-0.2, 0) is 17.4 Å². The van der Waals surface area contributed by atoms with Gasteiger partial charge < -0.3 is 15.5 Å². The van der Waals surface area contributed by atoms with Crippen LogP contribution in [0.2, 0.25) is 0 Å². The van der Waals surface area contributed by atoms with Crippen molar-refractivity contribution in [2.24, 2.45) is 5.73 Å². The Morgan fingerprint density at radius 3 is 2.49 bits per heavy atom. The van der Waals surface area contributed by atoms with Crippen molar-refractivity contribution in [2.75, 3.05) is 31.1 Å². The number of carbonyl (C=O) groups excluding carboxylic acids is 1. The predicted molar refractivity (Wildman–Crippen MR) is 134 cm³/mol. The van der Waals surface area contributed by atoms with Gasteiger partial charge in [0.2, 0.25) is 5.91 Å². The molecule has 0 spiro atoms. The smallest absolute Gasteiger partial charge is 0.353 e. The summed E-state index contributed by atoms with van der Waals surface area (Å²) in [6.45, 7) is 7.89. The molecule has 1 aromatic carbocycles. The van der Waals surface area contributed by atoms with Crippen LogP contribution in [-0.4, -0.2) is 52.5 Å². The van der Waals surface area contributed by atoms with Crippen molar-refractivity contribution < 1.29 is 22.4 Å². The molecule has 2 atom stereocenters. The Labute approximate surface area is 215 Å². The van der Waals surface area contributed by atoms with Gasteiger partial charge >= 0.3 is 6.18 Å². The summed E-state index contributed by atoms with van der Waals surface area (Å²) in [5.41, 5.74) is 6.81. The molecule has 1 aliphatic heterocycles. The van der Waals surface area contributed by atoms with Gasteiger partial charge in [0.1, 0.15) is 18.0 Å². The van der Waals surface area contributed by atoms with Crippen LogP contribution in [0.1, 0.15) is 80.7 Å². The van der Waals surface area contributed by atoms with E-state index in [4.69, 9.17) is 5.73 Å². The first-order valence-corrected chi connectivity index (χ1v) is 12.9. The third kappa shape index (κ3) is 6.22. The molecule has 10 heteroatoms. The van der Waals surface area contributed by atoms with E-state index >= 15 is 0 Å².